The fraction of sp³-hybridized carbons (Fsp3) is 0.250. The van der Waals surface area contributed by atoms with Crippen LogP contribution in [0, 0.1) is 10.1 Å². The van der Waals surface area contributed by atoms with Crippen LogP contribution >= 0.6 is 11.8 Å². The molecule has 0 amide bonds. The number of hydrogen-bond donors (Lipinski definition) is 1. The van der Waals surface area contributed by atoms with Gasteiger partial charge in [-0.25, -0.2) is 0 Å². The first kappa shape index (κ1) is 14.9. The van der Waals surface area contributed by atoms with Gasteiger partial charge in [0, 0.05) is 15.4 Å². The Morgan fingerprint density at radius 3 is 2.50 bits per heavy atom. The Kier molecular flexibility index (Phi) is 4.04. The van der Waals surface area contributed by atoms with Crippen molar-refractivity contribution in [3.05, 3.63) is 69.8 Å². The molecule has 2 aromatic rings. The van der Waals surface area contributed by atoms with Crippen LogP contribution < -0.4 is 4.74 Å². The van der Waals surface area contributed by atoms with Crippen molar-refractivity contribution in [2.75, 3.05) is 7.11 Å². The summed E-state index contributed by atoms with van der Waals surface area (Å²) >= 11 is 1.42. The van der Waals surface area contributed by atoms with E-state index in [9.17, 15) is 15.2 Å². The van der Waals surface area contributed by atoms with Gasteiger partial charge >= 0.3 is 0 Å². The van der Waals surface area contributed by atoms with Gasteiger partial charge in [-0.15, -0.1) is 11.8 Å². The molecule has 1 aliphatic heterocycles. The Hall–Kier alpha value is -2.05. The van der Waals surface area contributed by atoms with E-state index in [4.69, 9.17) is 4.74 Å². The van der Waals surface area contributed by atoms with Gasteiger partial charge in [0.05, 0.1) is 7.11 Å². The molecule has 3 atom stereocenters. The Balaban J connectivity index is 2.03. The third kappa shape index (κ3) is 2.55. The number of fused-ring (bicyclic) bond motifs is 1. The lowest BCUT2D eigenvalue weighted by atomic mass is 9.95. The number of aliphatic hydroxyl groups is 1. The van der Waals surface area contributed by atoms with Gasteiger partial charge in [0.25, 0.3) is 6.04 Å². The first-order valence-corrected chi connectivity index (χ1v) is 7.71. The van der Waals surface area contributed by atoms with Gasteiger partial charge in [-0.3, -0.25) is 10.1 Å². The Labute approximate surface area is 132 Å². The molecular formula is C16H15NO4S. The van der Waals surface area contributed by atoms with Crippen LogP contribution in [0.1, 0.15) is 22.5 Å². The van der Waals surface area contributed by atoms with Crippen LogP contribution in [-0.4, -0.2) is 23.2 Å². The maximum Gasteiger partial charge on any atom is 0.258 e. The zero-order chi connectivity index (χ0) is 15.7. The second kappa shape index (κ2) is 5.98. The average molecular weight is 317 g/mol. The average Bonchev–Trinajstić information content (AvgIpc) is 2.54. The molecule has 0 aliphatic carbocycles. The summed E-state index contributed by atoms with van der Waals surface area (Å²) in [5, 5.41) is 21.5. The molecule has 0 saturated heterocycles. The van der Waals surface area contributed by atoms with Crippen molar-refractivity contribution in [2.45, 2.75) is 22.3 Å². The van der Waals surface area contributed by atoms with Crippen molar-refractivity contribution in [3.63, 3.8) is 0 Å². The number of thioether (sulfide) groups is 1. The smallest absolute Gasteiger partial charge is 0.258 e. The minimum absolute atomic E-state index is 0.386. The molecule has 1 aliphatic rings. The first-order chi connectivity index (χ1) is 10.6. The molecule has 3 rings (SSSR count). The van der Waals surface area contributed by atoms with E-state index in [2.05, 4.69) is 0 Å². The van der Waals surface area contributed by atoms with Crippen LogP contribution in [-0.2, 0) is 0 Å². The van der Waals surface area contributed by atoms with Crippen LogP contribution in [0.5, 0.6) is 5.75 Å². The van der Waals surface area contributed by atoms with E-state index in [-0.39, 0.29) is 4.92 Å². The zero-order valence-electron chi connectivity index (χ0n) is 11.9. The van der Waals surface area contributed by atoms with E-state index in [1.54, 1.807) is 31.4 Å². The van der Waals surface area contributed by atoms with Crippen LogP contribution in [0.15, 0.2) is 53.4 Å². The minimum atomic E-state index is -1.11. The number of benzene rings is 2. The van der Waals surface area contributed by atoms with E-state index in [0.29, 0.717) is 11.3 Å². The van der Waals surface area contributed by atoms with Gasteiger partial charge in [0.15, 0.2) is 0 Å². The van der Waals surface area contributed by atoms with E-state index >= 15 is 0 Å². The highest BCUT2D eigenvalue weighted by atomic mass is 32.2. The fourth-order valence-electron chi connectivity index (χ4n) is 2.67. The standard InChI is InChI=1S/C16H15NO4S/c1-21-11-8-6-10(7-9-11)16-14(17(19)20)15(18)12-4-2-3-5-13(12)22-16/h2-9,14-16,18H,1H3. The molecule has 0 spiro atoms. The number of rotatable bonds is 3. The van der Waals surface area contributed by atoms with E-state index in [1.807, 2.05) is 24.3 Å². The number of hydrogen-bond acceptors (Lipinski definition) is 5. The van der Waals surface area contributed by atoms with Crippen molar-refractivity contribution in [1.29, 1.82) is 0 Å². The normalized spacial score (nSPS) is 23.6. The number of methoxy groups -OCH3 is 1. The van der Waals surface area contributed by atoms with Crippen LogP contribution in [0.4, 0.5) is 0 Å². The van der Waals surface area contributed by atoms with Crippen LogP contribution in [0.3, 0.4) is 0 Å². The molecule has 0 fully saturated rings. The SMILES string of the molecule is COc1ccc(C2Sc3ccccc3C(O)C2[N+](=O)[O-])cc1. The molecule has 6 heteroatoms. The molecule has 1 N–H and O–H groups in total. The summed E-state index contributed by atoms with van der Waals surface area (Å²) in [7, 11) is 1.57. The lowest BCUT2D eigenvalue weighted by Crippen LogP contribution is -2.35. The number of nitro groups is 1. The lowest BCUT2D eigenvalue weighted by molar-refractivity contribution is -0.536. The Morgan fingerprint density at radius 1 is 1.18 bits per heavy atom. The summed E-state index contributed by atoms with van der Waals surface area (Å²) in [6.07, 6.45) is -1.11. The van der Waals surface area contributed by atoms with Crippen molar-refractivity contribution < 1.29 is 14.8 Å². The van der Waals surface area contributed by atoms with E-state index in [0.717, 1.165) is 10.5 Å². The molecule has 1 heterocycles. The van der Waals surface area contributed by atoms with Gasteiger partial charge in [0.1, 0.15) is 17.1 Å². The van der Waals surface area contributed by atoms with E-state index in [1.165, 1.54) is 11.8 Å². The van der Waals surface area contributed by atoms with Crippen molar-refractivity contribution in [1.82, 2.24) is 0 Å². The molecule has 0 radical (unpaired) electrons. The molecule has 0 saturated carbocycles. The van der Waals surface area contributed by atoms with Gasteiger partial charge in [0.2, 0.25) is 0 Å². The highest BCUT2D eigenvalue weighted by molar-refractivity contribution is 7.99. The monoisotopic (exact) mass is 317 g/mol. The zero-order valence-corrected chi connectivity index (χ0v) is 12.7. The molecule has 3 unspecified atom stereocenters. The van der Waals surface area contributed by atoms with Gasteiger partial charge in [-0.2, -0.15) is 0 Å². The number of ether oxygens (including phenoxy) is 1. The maximum absolute atomic E-state index is 11.5. The predicted molar refractivity (Wildman–Crippen MR) is 83.8 cm³/mol. The second-order valence-electron chi connectivity index (χ2n) is 5.07. The summed E-state index contributed by atoms with van der Waals surface area (Å²) in [5.74, 6) is 0.697. The van der Waals surface area contributed by atoms with Crippen molar-refractivity contribution in [3.8, 4) is 5.75 Å². The molecule has 5 nitrogen and oxygen atoms in total. The molecule has 0 aromatic heterocycles. The summed E-state index contributed by atoms with van der Waals surface area (Å²) in [4.78, 5) is 12.0. The largest absolute Gasteiger partial charge is 0.497 e. The Morgan fingerprint density at radius 2 is 1.86 bits per heavy atom. The van der Waals surface area contributed by atoms with E-state index < -0.39 is 17.4 Å². The highest BCUT2D eigenvalue weighted by Gasteiger charge is 2.45. The molecule has 2 aromatic carbocycles. The number of nitrogens with zero attached hydrogens (tertiary/aromatic N) is 1. The molecule has 0 bridgehead atoms. The van der Waals surface area contributed by atoms with Gasteiger partial charge < -0.3 is 9.84 Å². The molecular weight excluding hydrogens is 302 g/mol. The van der Waals surface area contributed by atoms with Gasteiger partial charge in [-0.05, 0) is 23.8 Å². The van der Waals surface area contributed by atoms with Crippen molar-refractivity contribution in [2.24, 2.45) is 0 Å². The lowest BCUT2D eigenvalue weighted by Gasteiger charge is -2.31. The van der Waals surface area contributed by atoms with Crippen LogP contribution in [0.25, 0.3) is 0 Å². The summed E-state index contributed by atoms with van der Waals surface area (Å²) in [6, 6.07) is 13.4. The number of aliphatic hydroxyl groups excluding tert-OH is 1. The summed E-state index contributed by atoms with van der Waals surface area (Å²) in [6.45, 7) is 0. The second-order valence-corrected chi connectivity index (χ2v) is 6.25. The van der Waals surface area contributed by atoms with Crippen molar-refractivity contribution >= 4 is 11.8 Å². The minimum Gasteiger partial charge on any atom is -0.497 e. The fourth-order valence-corrected chi connectivity index (χ4v) is 4.11. The van der Waals surface area contributed by atoms with Gasteiger partial charge in [-0.1, -0.05) is 30.3 Å². The first-order valence-electron chi connectivity index (χ1n) is 6.83. The third-order valence-electron chi connectivity index (χ3n) is 3.81. The molecule has 114 valence electrons. The summed E-state index contributed by atoms with van der Waals surface area (Å²) in [5.41, 5.74) is 1.43. The Bertz CT molecular complexity index is 689. The van der Waals surface area contributed by atoms with Crippen LogP contribution in [0.2, 0.25) is 0 Å². The topological polar surface area (TPSA) is 72.6 Å². The quantitative estimate of drug-likeness (QED) is 0.695. The predicted octanol–water partition coefficient (Wildman–Crippen LogP) is 3.22. The molecule has 22 heavy (non-hydrogen) atoms. The highest BCUT2D eigenvalue weighted by Crippen LogP contribution is 2.49. The third-order valence-corrected chi connectivity index (χ3v) is 5.24. The maximum atomic E-state index is 11.5. The summed E-state index contributed by atoms with van der Waals surface area (Å²) < 4.78 is 5.12.